The van der Waals surface area contributed by atoms with Crippen LogP contribution in [0, 0.1) is 0 Å². The van der Waals surface area contributed by atoms with Crippen LogP contribution >= 0.6 is 0 Å². The van der Waals surface area contributed by atoms with Crippen LogP contribution in [0.25, 0.3) is 0 Å². The van der Waals surface area contributed by atoms with E-state index in [9.17, 15) is 0 Å². The zero-order valence-electron chi connectivity index (χ0n) is 7.48. The molecule has 0 aromatic rings. The Labute approximate surface area is 69.1 Å². The molecule has 11 heavy (non-hydrogen) atoms. The molecule has 1 aliphatic rings. The fourth-order valence-electron chi connectivity index (χ4n) is 1.63. The highest BCUT2D eigenvalue weighted by atomic mass is 14.9. The predicted octanol–water partition coefficient (Wildman–Crippen LogP) is 1.25. The Morgan fingerprint density at radius 1 is 1.27 bits per heavy atom. The molecule has 0 heterocycles. The Balaban J connectivity index is 2.30. The molecule has 1 rings (SSSR count). The Hall–Kier alpha value is -0.500. The first-order valence-electron chi connectivity index (χ1n) is 4.39. The average molecular weight is 154 g/mol. The lowest BCUT2D eigenvalue weighted by Crippen LogP contribution is -2.28. The Kier molecular flexibility index (Phi) is 3.43. The van der Waals surface area contributed by atoms with Crippen molar-refractivity contribution in [2.45, 2.75) is 31.7 Å². The summed E-state index contributed by atoms with van der Waals surface area (Å²) in [5.41, 5.74) is 1.57. The second-order valence-electron chi connectivity index (χ2n) is 3.15. The van der Waals surface area contributed by atoms with Crippen LogP contribution in [0.2, 0.25) is 0 Å². The average Bonchev–Trinajstić information content (AvgIpc) is 2.07. The first kappa shape index (κ1) is 8.60. The van der Waals surface area contributed by atoms with Crippen molar-refractivity contribution in [3.63, 3.8) is 0 Å². The highest BCUT2D eigenvalue weighted by Gasteiger charge is 2.13. The molecule has 0 atom stereocenters. The SMILES string of the molecule is CNC=C1CCC(NC)CC1. The Bertz CT molecular complexity index is 130. The molecule has 0 aliphatic heterocycles. The molecule has 2 heteroatoms. The largest absolute Gasteiger partial charge is 0.394 e. The second kappa shape index (κ2) is 4.39. The van der Waals surface area contributed by atoms with E-state index in [2.05, 4.69) is 23.9 Å². The summed E-state index contributed by atoms with van der Waals surface area (Å²) in [6.07, 6.45) is 7.25. The quantitative estimate of drug-likeness (QED) is 0.625. The van der Waals surface area contributed by atoms with Crippen LogP contribution in [-0.2, 0) is 0 Å². The Morgan fingerprint density at radius 2 is 1.91 bits per heavy atom. The maximum Gasteiger partial charge on any atom is 0.00701 e. The van der Waals surface area contributed by atoms with Crippen LogP contribution < -0.4 is 10.6 Å². The zero-order chi connectivity index (χ0) is 8.10. The van der Waals surface area contributed by atoms with Crippen LogP contribution in [0.15, 0.2) is 11.8 Å². The fraction of sp³-hybridized carbons (Fsp3) is 0.778. The molecule has 1 fully saturated rings. The molecular weight excluding hydrogens is 136 g/mol. The first-order valence-corrected chi connectivity index (χ1v) is 4.39. The van der Waals surface area contributed by atoms with Gasteiger partial charge in [0, 0.05) is 13.1 Å². The van der Waals surface area contributed by atoms with Gasteiger partial charge in [0.15, 0.2) is 0 Å². The van der Waals surface area contributed by atoms with E-state index in [1.807, 2.05) is 7.05 Å². The molecule has 0 aromatic heterocycles. The lowest BCUT2D eigenvalue weighted by molar-refractivity contribution is 0.446. The highest BCUT2D eigenvalue weighted by Crippen LogP contribution is 2.22. The smallest absolute Gasteiger partial charge is 0.00701 e. The minimum absolute atomic E-state index is 0.754. The van der Waals surface area contributed by atoms with Gasteiger partial charge in [-0.15, -0.1) is 0 Å². The summed E-state index contributed by atoms with van der Waals surface area (Å²) in [5.74, 6) is 0. The minimum Gasteiger partial charge on any atom is -0.394 e. The zero-order valence-corrected chi connectivity index (χ0v) is 7.48. The summed E-state index contributed by atoms with van der Waals surface area (Å²) in [6, 6.07) is 0.754. The molecule has 0 amide bonds. The topological polar surface area (TPSA) is 24.1 Å². The van der Waals surface area contributed by atoms with E-state index in [0.717, 1.165) is 6.04 Å². The number of allylic oxidation sites excluding steroid dienone is 1. The van der Waals surface area contributed by atoms with Crippen molar-refractivity contribution in [2.24, 2.45) is 0 Å². The molecule has 1 saturated carbocycles. The molecule has 0 radical (unpaired) electrons. The number of hydrogen-bond donors (Lipinski definition) is 2. The fourth-order valence-corrected chi connectivity index (χ4v) is 1.63. The van der Waals surface area contributed by atoms with Gasteiger partial charge in [0.25, 0.3) is 0 Å². The van der Waals surface area contributed by atoms with Crippen molar-refractivity contribution < 1.29 is 0 Å². The summed E-state index contributed by atoms with van der Waals surface area (Å²) < 4.78 is 0. The van der Waals surface area contributed by atoms with Gasteiger partial charge in [-0.3, -0.25) is 0 Å². The molecule has 2 nitrogen and oxygen atoms in total. The summed E-state index contributed by atoms with van der Waals surface area (Å²) >= 11 is 0. The van der Waals surface area contributed by atoms with E-state index in [-0.39, 0.29) is 0 Å². The van der Waals surface area contributed by atoms with Crippen LogP contribution in [0.5, 0.6) is 0 Å². The molecule has 0 spiro atoms. The number of hydrogen-bond acceptors (Lipinski definition) is 2. The summed E-state index contributed by atoms with van der Waals surface area (Å²) in [4.78, 5) is 0. The van der Waals surface area contributed by atoms with Crippen molar-refractivity contribution in [3.05, 3.63) is 11.8 Å². The van der Waals surface area contributed by atoms with Crippen LogP contribution in [-0.4, -0.2) is 20.1 Å². The third kappa shape index (κ3) is 2.54. The summed E-state index contributed by atoms with van der Waals surface area (Å²) in [7, 11) is 4.02. The van der Waals surface area contributed by atoms with Crippen molar-refractivity contribution in [3.8, 4) is 0 Å². The van der Waals surface area contributed by atoms with Gasteiger partial charge in [-0.25, -0.2) is 0 Å². The second-order valence-corrected chi connectivity index (χ2v) is 3.15. The van der Waals surface area contributed by atoms with Crippen molar-refractivity contribution in [2.75, 3.05) is 14.1 Å². The lowest BCUT2D eigenvalue weighted by atomic mass is 9.91. The predicted molar refractivity (Wildman–Crippen MR) is 48.5 cm³/mol. The maximum absolute atomic E-state index is 3.32. The molecule has 0 saturated heterocycles. The van der Waals surface area contributed by atoms with Crippen molar-refractivity contribution in [1.29, 1.82) is 0 Å². The highest BCUT2D eigenvalue weighted by molar-refractivity contribution is 5.04. The van der Waals surface area contributed by atoms with Crippen LogP contribution in [0.1, 0.15) is 25.7 Å². The van der Waals surface area contributed by atoms with Gasteiger partial charge in [-0.2, -0.15) is 0 Å². The van der Waals surface area contributed by atoms with Gasteiger partial charge in [-0.05, 0) is 38.9 Å². The van der Waals surface area contributed by atoms with E-state index < -0.39 is 0 Å². The van der Waals surface area contributed by atoms with E-state index in [0.29, 0.717) is 0 Å². The number of rotatable bonds is 2. The lowest BCUT2D eigenvalue weighted by Gasteiger charge is -2.23. The van der Waals surface area contributed by atoms with E-state index in [1.54, 1.807) is 5.57 Å². The maximum atomic E-state index is 3.32. The monoisotopic (exact) mass is 154 g/mol. The van der Waals surface area contributed by atoms with Gasteiger partial charge in [0.05, 0.1) is 0 Å². The normalized spacial score (nSPS) is 24.9. The standard InChI is InChI=1S/C9H18N2/c1-10-7-8-3-5-9(11-2)6-4-8/h7,9-11H,3-6H2,1-2H3. The van der Waals surface area contributed by atoms with Gasteiger partial charge in [0.2, 0.25) is 0 Å². The van der Waals surface area contributed by atoms with Gasteiger partial charge in [-0.1, -0.05) is 5.57 Å². The third-order valence-electron chi connectivity index (χ3n) is 2.38. The summed E-state index contributed by atoms with van der Waals surface area (Å²) in [5, 5.41) is 6.41. The van der Waals surface area contributed by atoms with E-state index in [4.69, 9.17) is 0 Å². The van der Waals surface area contributed by atoms with Gasteiger partial charge in [0.1, 0.15) is 0 Å². The molecular formula is C9H18N2. The van der Waals surface area contributed by atoms with Gasteiger partial charge >= 0.3 is 0 Å². The van der Waals surface area contributed by atoms with Gasteiger partial charge < -0.3 is 10.6 Å². The molecule has 64 valence electrons. The summed E-state index contributed by atoms with van der Waals surface area (Å²) in [6.45, 7) is 0. The molecule has 0 aromatic carbocycles. The molecule has 0 unspecified atom stereocenters. The molecule has 0 bridgehead atoms. The number of nitrogens with one attached hydrogen (secondary N) is 2. The third-order valence-corrected chi connectivity index (χ3v) is 2.38. The van der Waals surface area contributed by atoms with Crippen LogP contribution in [0.4, 0.5) is 0 Å². The minimum atomic E-state index is 0.754. The molecule has 2 N–H and O–H groups in total. The Morgan fingerprint density at radius 3 is 2.36 bits per heavy atom. The first-order chi connectivity index (χ1) is 5.36. The van der Waals surface area contributed by atoms with Crippen molar-refractivity contribution >= 4 is 0 Å². The van der Waals surface area contributed by atoms with Crippen LogP contribution in [0.3, 0.4) is 0 Å². The van der Waals surface area contributed by atoms with E-state index in [1.165, 1.54) is 25.7 Å². The molecule has 1 aliphatic carbocycles. The van der Waals surface area contributed by atoms with Crippen molar-refractivity contribution in [1.82, 2.24) is 10.6 Å². The van der Waals surface area contributed by atoms with E-state index >= 15 is 0 Å².